The van der Waals surface area contributed by atoms with Gasteiger partial charge in [0.15, 0.2) is 0 Å². The standard InChI is InChI=1S/C2H2ClO/c3-1-2-4/h1H2/q+1. The zero-order chi connectivity index (χ0) is 3.41. The summed E-state index contributed by atoms with van der Waals surface area (Å²) in [7, 11) is 0. The van der Waals surface area contributed by atoms with Crippen molar-refractivity contribution in [1.29, 1.82) is 0 Å². The number of hydrogen-bond donors (Lipinski definition) is 0. The van der Waals surface area contributed by atoms with Crippen molar-refractivity contribution in [3.05, 3.63) is 0 Å². The SMILES string of the molecule is [O+]#CCCl. The van der Waals surface area contributed by atoms with Gasteiger partial charge in [0.05, 0.1) is 0 Å². The average molecular weight is 77.5 g/mol. The van der Waals surface area contributed by atoms with Gasteiger partial charge in [-0.2, -0.15) is 0 Å². The molecule has 0 aromatic heterocycles. The number of halogens is 1. The molecule has 0 atom stereocenters. The summed E-state index contributed by atoms with van der Waals surface area (Å²) in [6.07, 6.45) is 1.45. The first-order valence-electron chi connectivity index (χ1n) is 0.825. The van der Waals surface area contributed by atoms with E-state index < -0.39 is 0 Å². The number of hydrogen-bond acceptors (Lipinski definition) is 0. The van der Waals surface area contributed by atoms with Gasteiger partial charge >= 0.3 is 28.3 Å². The Hall–Kier alpha value is 0.0300. The van der Waals surface area contributed by atoms with Crippen LogP contribution in [0.2, 0.25) is 0 Å². The summed E-state index contributed by atoms with van der Waals surface area (Å²) in [4.78, 5) is 0. The van der Waals surface area contributed by atoms with Crippen molar-refractivity contribution in [3.8, 4) is 6.15 Å². The fourth-order valence-electron chi connectivity index (χ4n) is 0. The molecule has 0 unspecified atom stereocenters. The van der Waals surface area contributed by atoms with Crippen molar-refractivity contribution in [2.24, 2.45) is 0 Å². The zero-order valence-electron chi connectivity index (χ0n) is 1.99. The van der Waals surface area contributed by atoms with Crippen LogP contribution in [0.1, 0.15) is 0 Å². The van der Waals surface area contributed by atoms with Crippen LogP contribution in [0.5, 0.6) is 0 Å². The first-order valence-corrected chi connectivity index (χ1v) is 1.36. The summed E-state index contributed by atoms with van der Waals surface area (Å²) < 4.78 is 8.92. The summed E-state index contributed by atoms with van der Waals surface area (Å²) >= 11 is 4.76. The third-order valence-electron chi connectivity index (χ3n) is 0.0546. The average Bonchev–Trinajstić information content (AvgIpc) is 1.37. The summed E-state index contributed by atoms with van der Waals surface area (Å²) in [5.41, 5.74) is 0. The van der Waals surface area contributed by atoms with Gasteiger partial charge in [-0.05, 0) is 0 Å². The second-order valence-electron chi connectivity index (χ2n) is 0.278. The Kier molecular flexibility index (Phi) is 3.05. The van der Waals surface area contributed by atoms with Gasteiger partial charge in [-0.15, -0.1) is 0 Å². The van der Waals surface area contributed by atoms with E-state index in [0.717, 1.165) is 0 Å². The fraction of sp³-hybridized carbons (Fsp3) is 0.500. The molecule has 0 heterocycles. The van der Waals surface area contributed by atoms with Gasteiger partial charge in [0.1, 0.15) is 0 Å². The molecule has 0 rings (SSSR count). The van der Waals surface area contributed by atoms with Crippen LogP contribution < -0.4 is 0 Å². The molecule has 0 N–H and O–H groups in total. The van der Waals surface area contributed by atoms with Crippen LogP contribution in [0.15, 0.2) is 0 Å². The van der Waals surface area contributed by atoms with Crippen LogP contribution in [-0.4, -0.2) is 5.88 Å². The van der Waals surface area contributed by atoms with E-state index >= 15 is 0 Å². The molecule has 0 radical (unpaired) electrons. The topological polar surface area (TPSA) is 19.9 Å². The Labute approximate surface area is 29.3 Å². The van der Waals surface area contributed by atoms with E-state index in [-0.39, 0.29) is 5.88 Å². The van der Waals surface area contributed by atoms with Gasteiger partial charge in [-0.25, -0.2) is 0 Å². The Morgan fingerprint density at radius 2 is 2.25 bits per heavy atom. The van der Waals surface area contributed by atoms with E-state index in [0.29, 0.717) is 0 Å². The van der Waals surface area contributed by atoms with E-state index in [2.05, 4.69) is 0 Å². The first-order chi connectivity index (χ1) is 1.91. The summed E-state index contributed by atoms with van der Waals surface area (Å²) in [5.74, 6) is -0.0139. The molecule has 1 nitrogen and oxygen atoms in total. The van der Waals surface area contributed by atoms with Crippen molar-refractivity contribution < 1.29 is 4.65 Å². The van der Waals surface area contributed by atoms with E-state index in [1.54, 1.807) is 0 Å². The Balaban J connectivity index is 2.43. The molecule has 22 valence electrons. The third-order valence-corrected chi connectivity index (χ3v) is 0.164. The van der Waals surface area contributed by atoms with E-state index in [9.17, 15) is 0 Å². The third kappa shape index (κ3) is 2.03. The molecule has 2 heteroatoms. The maximum absolute atomic E-state index is 8.92. The van der Waals surface area contributed by atoms with Crippen molar-refractivity contribution in [2.45, 2.75) is 0 Å². The molecule has 0 aliphatic rings. The number of rotatable bonds is 0. The quantitative estimate of drug-likeness (QED) is 0.298. The van der Waals surface area contributed by atoms with E-state index in [1.165, 1.54) is 6.15 Å². The van der Waals surface area contributed by atoms with Gasteiger partial charge in [-0.1, -0.05) is 0 Å². The molecule has 0 aliphatic carbocycles. The van der Waals surface area contributed by atoms with E-state index in [1.807, 2.05) is 0 Å². The van der Waals surface area contributed by atoms with Crippen molar-refractivity contribution in [1.82, 2.24) is 0 Å². The molecule has 0 amide bonds. The van der Waals surface area contributed by atoms with Crippen LogP contribution in [0.25, 0.3) is 0 Å². The second kappa shape index (κ2) is 3.03. The molecule has 0 aromatic rings. The first kappa shape index (κ1) is 4.03. The fourth-order valence-corrected chi connectivity index (χ4v) is 0. The Morgan fingerprint density at radius 1 is 2.00 bits per heavy atom. The van der Waals surface area contributed by atoms with Crippen LogP contribution in [-0.2, 0) is 4.65 Å². The van der Waals surface area contributed by atoms with Gasteiger partial charge in [0.2, 0.25) is 0 Å². The molecule has 0 spiro atoms. The van der Waals surface area contributed by atoms with Crippen LogP contribution in [0.4, 0.5) is 0 Å². The summed E-state index contributed by atoms with van der Waals surface area (Å²) in [6.45, 7) is 0. The number of alkyl halides is 1. The van der Waals surface area contributed by atoms with Crippen LogP contribution in [0, 0.1) is 6.15 Å². The predicted octanol–water partition coefficient (Wildman–Crippen LogP) is 0.615. The Morgan fingerprint density at radius 3 is 2.25 bits per heavy atom. The van der Waals surface area contributed by atoms with Gasteiger partial charge < -0.3 is 0 Å². The van der Waals surface area contributed by atoms with Gasteiger partial charge in [-0.3, -0.25) is 0 Å². The molecule has 0 bridgehead atoms. The van der Waals surface area contributed by atoms with Crippen molar-refractivity contribution in [2.75, 3.05) is 5.88 Å². The van der Waals surface area contributed by atoms with E-state index in [4.69, 9.17) is 16.3 Å². The molecular weight excluding hydrogens is 75.5 g/mol. The normalized spacial score (nSPS) is 5.00. The molecule has 0 aliphatic heterocycles. The molecule has 0 saturated heterocycles. The molecule has 4 heavy (non-hydrogen) atoms. The van der Waals surface area contributed by atoms with Gasteiger partial charge in [0.25, 0.3) is 0 Å². The van der Waals surface area contributed by atoms with Crippen LogP contribution in [0.3, 0.4) is 0 Å². The van der Waals surface area contributed by atoms with Crippen molar-refractivity contribution in [3.63, 3.8) is 0 Å². The molecular formula is C2H2ClO+. The zero-order valence-corrected chi connectivity index (χ0v) is 2.75. The molecule has 0 fully saturated rings. The van der Waals surface area contributed by atoms with Crippen molar-refractivity contribution >= 4 is 11.6 Å². The summed E-state index contributed by atoms with van der Waals surface area (Å²) in [5, 5.41) is 0. The molecule has 0 saturated carbocycles. The van der Waals surface area contributed by atoms with Crippen LogP contribution >= 0.6 is 11.6 Å². The second-order valence-corrected chi connectivity index (χ2v) is 0.545. The Bertz CT molecular complexity index is 35.8. The van der Waals surface area contributed by atoms with Gasteiger partial charge in [0, 0.05) is 0 Å². The monoisotopic (exact) mass is 77.0 g/mol. The minimum absolute atomic E-state index is 0.0139. The maximum atomic E-state index is 8.92. The predicted molar refractivity (Wildman–Crippen MR) is 15.3 cm³/mol. The summed E-state index contributed by atoms with van der Waals surface area (Å²) in [6, 6.07) is 0. The minimum atomic E-state index is -0.0139. The molecule has 0 aromatic carbocycles.